The van der Waals surface area contributed by atoms with E-state index in [0.29, 0.717) is 12.5 Å². The van der Waals surface area contributed by atoms with Crippen molar-refractivity contribution in [2.24, 2.45) is 11.8 Å². The van der Waals surface area contributed by atoms with Gasteiger partial charge in [0.1, 0.15) is 5.50 Å². The maximum absolute atomic E-state index is 12.2. The minimum Gasteiger partial charge on any atom is -0.353 e. The topological polar surface area (TPSA) is 56.4 Å². The summed E-state index contributed by atoms with van der Waals surface area (Å²) in [7, 11) is 1.98. The van der Waals surface area contributed by atoms with Gasteiger partial charge in [0.25, 0.3) is 0 Å². The fraction of sp³-hybridized carbons (Fsp3) is 0.917. The van der Waals surface area contributed by atoms with Crippen LogP contribution in [-0.4, -0.2) is 36.1 Å². The number of likely N-dealkylation sites (N-methyl/N-ethyl adjacent to an activating group) is 1. The summed E-state index contributed by atoms with van der Waals surface area (Å²) in [6.07, 6.45) is 4.78. The molecule has 0 aromatic carbocycles. The van der Waals surface area contributed by atoms with E-state index in [4.69, 9.17) is 0 Å². The third-order valence-electron chi connectivity index (χ3n) is 4.17. The van der Waals surface area contributed by atoms with Crippen molar-refractivity contribution in [3.05, 3.63) is 0 Å². The number of hydrogen-bond acceptors (Lipinski definition) is 5. The summed E-state index contributed by atoms with van der Waals surface area (Å²) in [5.41, 5.74) is 6.13. The molecule has 1 saturated carbocycles. The third-order valence-corrected chi connectivity index (χ3v) is 4.67. The van der Waals surface area contributed by atoms with E-state index in [2.05, 4.69) is 35.7 Å². The van der Waals surface area contributed by atoms with Crippen LogP contribution in [0.15, 0.2) is 0 Å². The molecule has 4 atom stereocenters. The first-order valence-electron chi connectivity index (χ1n) is 6.78. The van der Waals surface area contributed by atoms with E-state index in [9.17, 15) is 4.79 Å². The highest BCUT2D eigenvalue weighted by Gasteiger charge is 2.30. The number of carbonyl (C=O) groups is 1. The lowest BCUT2D eigenvalue weighted by Gasteiger charge is -2.28. The third kappa shape index (κ3) is 3.17. The zero-order valence-electron chi connectivity index (χ0n) is 11.1. The number of nitrogens with zero attached hydrogens (tertiary/aromatic N) is 1. The fourth-order valence-corrected chi connectivity index (χ4v) is 3.01. The van der Waals surface area contributed by atoms with E-state index in [1.54, 1.807) is 0 Å². The normalized spacial score (nSPS) is 37.7. The van der Waals surface area contributed by atoms with Crippen LogP contribution in [-0.2, 0) is 4.79 Å². The molecule has 0 radical (unpaired) electrons. The van der Waals surface area contributed by atoms with Gasteiger partial charge in [-0.15, -0.1) is 12.6 Å². The van der Waals surface area contributed by atoms with E-state index in [1.807, 2.05) is 11.9 Å². The Labute approximate surface area is 114 Å². The summed E-state index contributed by atoms with van der Waals surface area (Å²) in [5.74, 6) is 0.925. The predicted molar refractivity (Wildman–Crippen MR) is 74.7 cm³/mol. The van der Waals surface area contributed by atoms with Gasteiger partial charge in [-0.1, -0.05) is 19.8 Å². The zero-order chi connectivity index (χ0) is 13.1. The molecule has 18 heavy (non-hydrogen) atoms. The maximum Gasteiger partial charge on any atom is 0.223 e. The lowest BCUT2D eigenvalue weighted by Crippen LogP contribution is -2.47. The van der Waals surface area contributed by atoms with Crippen LogP contribution in [0, 0.1) is 11.8 Å². The summed E-state index contributed by atoms with van der Waals surface area (Å²) >= 11 is 4.35. The first-order chi connectivity index (χ1) is 8.59. The van der Waals surface area contributed by atoms with Gasteiger partial charge >= 0.3 is 0 Å². The van der Waals surface area contributed by atoms with Gasteiger partial charge in [-0.2, -0.15) is 0 Å². The predicted octanol–water partition coefficient (Wildman–Crippen LogP) is 0.508. The molecule has 0 aromatic rings. The number of rotatable bonds is 3. The van der Waals surface area contributed by atoms with Crippen molar-refractivity contribution in [1.82, 2.24) is 21.1 Å². The molecule has 3 N–H and O–H groups in total. The summed E-state index contributed by atoms with van der Waals surface area (Å²) in [6, 6.07) is 0. The van der Waals surface area contributed by atoms with E-state index >= 15 is 0 Å². The van der Waals surface area contributed by atoms with Crippen LogP contribution >= 0.6 is 12.6 Å². The standard InChI is InChI=1S/C12H24N4OS/c1-8-5-3-4-6-9(8)11(17)13-7-10-14-15-12(18)16(10)2/h8-10,12,14-15,18H,3-7H2,1-2H3,(H,13,17). The molecular formula is C12H24N4OS. The summed E-state index contributed by atoms with van der Waals surface area (Å²) < 4.78 is 0. The van der Waals surface area contributed by atoms with Crippen LogP contribution in [0.1, 0.15) is 32.6 Å². The van der Waals surface area contributed by atoms with Gasteiger partial charge in [0.05, 0.1) is 6.17 Å². The molecule has 1 saturated heterocycles. The Balaban J connectivity index is 1.77. The maximum atomic E-state index is 12.2. The van der Waals surface area contributed by atoms with Crippen molar-refractivity contribution < 1.29 is 4.79 Å². The lowest BCUT2D eigenvalue weighted by atomic mass is 9.80. The highest BCUT2D eigenvalue weighted by molar-refractivity contribution is 7.80. The summed E-state index contributed by atoms with van der Waals surface area (Å²) in [4.78, 5) is 14.2. The molecule has 2 rings (SSSR count). The molecule has 2 fully saturated rings. The highest BCUT2D eigenvalue weighted by Crippen LogP contribution is 2.29. The molecule has 0 aromatic heterocycles. The zero-order valence-corrected chi connectivity index (χ0v) is 12.0. The number of amides is 1. The monoisotopic (exact) mass is 272 g/mol. The van der Waals surface area contributed by atoms with Gasteiger partial charge in [0, 0.05) is 12.5 Å². The van der Waals surface area contributed by atoms with Gasteiger partial charge in [-0.25, -0.2) is 10.9 Å². The average molecular weight is 272 g/mol. The minimum atomic E-state index is 0.000469. The molecule has 1 aliphatic heterocycles. The van der Waals surface area contributed by atoms with Crippen LogP contribution in [0.5, 0.6) is 0 Å². The molecule has 104 valence electrons. The van der Waals surface area contributed by atoms with Gasteiger partial charge in [-0.05, 0) is 25.8 Å². The van der Waals surface area contributed by atoms with Crippen LogP contribution in [0.3, 0.4) is 0 Å². The minimum absolute atomic E-state index is 0.000469. The number of nitrogens with one attached hydrogen (secondary N) is 3. The van der Waals surface area contributed by atoms with E-state index in [1.165, 1.54) is 19.3 Å². The summed E-state index contributed by atoms with van der Waals surface area (Å²) in [6.45, 7) is 2.80. The molecule has 0 spiro atoms. The Hall–Kier alpha value is -0.300. The lowest BCUT2D eigenvalue weighted by molar-refractivity contribution is -0.127. The Kier molecular flexibility index (Phi) is 4.89. The smallest absolute Gasteiger partial charge is 0.223 e. The van der Waals surface area contributed by atoms with Crippen LogP contribution < -0.4 is 16.2 Å². The second-order valence-electron chi connectivity index (χ2n) is 5.46. The van der Waals surface area contributed by atoms with E-state index in [-0.39, 0.29) is 23.5 Å². The number of carbonyl (C=O) groups excluding carboxylic acids is 1. The Morgan fingerprint density at radius 1 is 1.39 bits per heavy atom. The molecule has 5 nitrogen and oxygen atoms in total. The van der Waals surface area contributed by atoms with Crippen LogP contribution in [0.2, 0.25) is 0 Å². The van der Waals surface area contributed by atoms with Crippen molar-refractivity contribution in [1.29, 1.82) is 0 Å². The van der Waals surface area contributed by atoms with Gasteiger partial charge in [0.15, 0.2) is 0 Å². The Morgan fingerprint density at radius 3 is 2.72 bits per heavy atom. The average Bonchev–Trinajstić information content (AvgIpc) is 2.68. The number of hydrogen-bond donors (Lipinski definition) is 4. The fourth-order valence-electron chi connectivity index (χ4n) is 2.77. The molecule has 0 bridgehead atoms. The van der Waals surface area contributed by atoms with Crippen molar-refractivity contribution in [2.45, 2.75) is 44.3 Å². The molecule has 2 aliphatic rings. The SMILES string of the molecule is CC1CCCCC1C(=O)NCC1NNC(S)N1C. The van der Waals surface area contributed by atoms with Crippen molar-refractivity contribution in [3.63, 3.8) is 0 Å². The highest BCUT2D eigenvalue weighted by atomic mass is 32.1. The van der Waals surface area contributed by atoms with Crippen molar-refractivity contribution in [2.75, 3.05) is 13.6 Å². The molecule has 1 heterocycles. The van der Waals surface area contributed by atoms with E-state index < -0.39 is 0 Å². The van der Waals surface area contributed by atoms with Crippen molar-refractivity contribution >= 4 is 18.5 Å². The van der Waals surface area contributed by atoms with Crippen LogP contribution in [0.25, 0.3) is 0 Å². The molecule has 4 unspecified atom stereocenters. The second kappa shape index (κ2) is 6.23. The van der Waals surface area contributed by atoms with Gasteiger partial charge < -0.3 is 5.32 Å². The van der Waals surface area contributed by atoms with Gasteiger partial charge in [-0.3, -0.25) is 9.69 Å². The summed E-state index contributed by atoms with van der Waals surface area (Å²) in [5, 5.41) is 3.06. The van der Waals surface area contributed by atoms with Gasteiger partial charge in [0.2, 0.25) is 5.91 Å². The number of thiol groups is 1. The first-order valence-corrected chi connectivity index (χ1v) is 7.30. The molecular weight excluding hydrogens is 248 g/mol. The largest absolute Gasteiger partial charge is 0.353 e. The molecule has 1 aliphatic carbocycles. The van der Waals surface area contributed by atoms with E-state index in [0.717, 1.165) is 6.42 Å². The second-order valence-corrected chi connectivity index (χ2v) is 5.95. The molecule has 6 heteroatoms. The van der Waals surface area contributed by atoms with Crippen LogP contribution in [0.4, 0.5) is 0 Å². The Morgan fingerprint density at radius 2 is 2.11 bits per heavy atom. The number of hydrazine groups is 1. The Bertz CT molecular complexity index is 302. The first kappa shape index (κ1) is 14.1. The quantitative estimate of drug-likeness (QED) is 0.566. The van der Waals surface area contributed by atoms with Crippen molar-refractivity contribution in [3.8, 4) is 0 Å². The molecule has 1 amide bonds.